The summed E-state index contributed by atoms with van der Waals surface area (Å²) in [5, 5.41) is 0.303. The minimum Gasteiger partial charge on any atom is -0.399 e. The normalized spacial score (nSPS) is 11.7. The molecule has 84 valence electrons. The van der Waals surface area contributed by atoms with Crippen molar-refractivity contribution in [3.8, 4) is 0 Å². The smallest absolute Gasteiger partial charge is 0.399 e. The molecule has 0 saturated carbocycles. The fraction of sp³-hybridized carbons (Fsp3) is 0.333. The highest BCUT2D eigenvalue weighted by atomic mass is 35.5. The molecule has 0 aromatic heterocycles. The van der Waals surface area contributed by atoms with E-state index in [0.717, 1.165) is 0 Å². The van der Waals surface area contributed by atoms with Crippen LogP contribution in [-0.4, -0.2) is 12.8 Å². The van der Waals surface area contributed by atoms with Crippen molar-refractivity contribution in [1.82, 2.24) is 0 Å². The lowest BCUT2D eigenvalue weighted by molar-refractivity contribution is -0.176. The number of hydrogen-bond donors (Lipinski definition) is 1. The van der Waals surface area contributed by atoms with E-state index in [1.165, 1.54) is 12.1 Å². The fourth-order valence-electron chi connectivity index (χ4n) is 0.957. The number of hydrogen-bond acceptors (Lipinski definition) is 2. The molecule has 0 amide bonds. The maximum absolute atomic E-state index is 11.7. The Morgan fingerprint density at radius 1 is 1.33 bits per heavy atom. The van der Waals surface area contributed by atoms with E-state index in [9.17, 15) is 13.2 Å². The molecule has 0 bridgehead atoms. The van der Waals surface area contributed by atoms with Crippen LogP contribution in [0, 0.1) is 0 Å². The molecule has 1 rings (SSSR count). The van der Waals surface area contributed by atoms with Gasteiger partial charge in [-0.2, -0.15) is 13.2 Å². The minimum atomic E-state index is -4.32. The molecule has 1 aromatic carbocycles. The van der Waals surface area contributed by atoms with Gasteiger partial charge in [0.1, 0.15) is 6.61 Å². The third-order valence-electron chi connectivity index (χ3n) is 1.60. The zero-order chi connectivity index (χ0) is 11.5. The van der Waals surface area contributed by atoms with Gasteiger partial charge in [-0.3, -0.25) is 0 Å². The summed E-state index contributed by atoms with van der Waals surface area (Å²) in [6, 6.07) is 4.56. The SMILES string of the molecule is Nc1ccc(COCC(F)(F)F)c(Cl)c1. The van der Waals surface area contributed by atoms with E-state index in [0.29, 0.717) is 16.3 Å². The van der Waals surface area contributed by atoms with E-state index in [1.807, 2.05) is 0 Å². The van der Waals surface area contributed by atoms with Crippen molar-refractivity contribution in [3.63, 3.8) is 0 Å². The van der Waals surface area contributed by atoms with Crippen molar-refractivity contribution in [2.45, 2.75) is 12.8 Å². The van der Waals surface area contributed by atoms with Crippen LogP contribution in [0.2, 0.25) is 5.02 Å². The van der Waals surface area contributed by atoms with Crippen LogP contribution in [-0.2, 0) is 11.3 Å². The van der Waals surface area contributed by atoms with Gasteiger partial charge in [0, 0.05) is 10.7 Å². The maximum Gasteiger partial charge on any atom is 0.411 e. The molecule has 0 aliphatic carbocycles. The number of anilines is 1. The first-order valence-corrected chi connectivity index (χ1v) is 4.45. The van der Waals surface area contributed by atoms with Crippen LogP contribution in [0.4, 0.5) is 18.9 Å². The van der Waals surface area contributed by atoms with Crippen LogP contribution in [0.3, 0.4) is 0 Å². The Balaban J connectivity index is 2.51. The van der Waals surface area contributed by atoms with Gasteiger partial charge in [-0.1, -0.05) is 17.7 Å². The number of nitrogen functional groups attached to an aromatic ring is 1. The molecule has 0 atom stereocenters. The van der Waals surface area contributed by atoms with E-state index >= 15 is 0 Å². The molecule has 2 nitrogen and oxygen atoms in total. The van der Waals surface area contributed by atoms with Crippen LogP contribution in [0.25, 0.3) is 0 Å². The Morgan fingerprint density at radius 3 is 2.53 bits per heavy atom. The molecule has 0 heterocycles. The molecule has 0 fully saturated rings. The van der Waals surface area contributed by atoms with Gasteiger partial charge in [-0.05, 0) is 17.7 Å². The molecule has 0 unspecified atom stereocenters. The summed E-state index contributed by atoms with van der Waals surface area (Å²) in [6.07, 6.45) is -4.32. The largest absolute Gasteiger partial charge is 0.411 e. The van der Waals surface area contributed by atoms with Crippen molar-refractivity contribution in [1.29, 1.82) is 0 Å². The summed E-state index contributed by atoms with van der Waals surface area (Å²) in [4.78, 5) is 0. The summed E-state index contributed by atoms with van der Waals surface area (Å²) < 4.78 is 39.7. The van der Waals surface area contributed by atoms with Crippen molar-refractivity contribution in [2.24, 2.45) is 0 Å². The molecule has 0 spiro atoms. The Labute approximate surface area is 89.8 Å². The molecule has 0 radical (unpaired) electrons. The predicted molar refractivity (Wildman–Crippen MR) is 51.6 cm³/mol. The van der Waals surface area contributed by atoms with Crippen LogP contribution >= 0.6 is 11.6 Å². The van der Waals surface area contributed by atoms with E-state index < -0.39 is 12.8 Å². The monoisotopic (exact) mass is 239 g/mol. The van der Waals surface area contributed by atoms with E-state index in [-0.39, 0.29) is 6.61 Å². The van der Waals surface area contributed by atoms with E-state index in [2.05, 4.69) is 4.74 Å². The summed E-state index contributed by atoms with van der Waals surface area (Å²) in [5.41, 5.74) is 6.36. The van der Waals surface area contributed by atoms with Gasteiger partial charge in [0.2, 0.25) is 0 Å². The molecule has 0 saturated heterocycles. The average Bonchev–Trinajstić information content (AvgIpc) is 2.07. The molecular formula is C9H9ClF3NO. The lowest BCUT2D eigenvalue weighted by Gasteiger charge is -2.08. The van der Waals surface area contributed by atoms with E-state index in [4.69, 9.17) is 17.3 Å². The highest BCUT2D eigenvalue weighted by Crippen LogP contribution is 2.21. The molecule has 2 N–H and O–H groups in total. The van der Waals surface area contributed by atoms with Crippen molar-refractivity contribution >= 4 is 17.3 Å². The predicted octanol–water partition coefficient (Wildman–Crippen LogP) is 3.00. The fourth-order valence-corrected chi connectivity index (χ4v) is 1.20. The second-order valence-electron chi connectivity index (χ2n) is 2.96. The van der Waals surface area contributed by atoms with Gasteiger partial charge in [-0.25, -0.2) is 0 Å². The van der Waals surface area contributed by atoms with Gasteiger partial charge in [0.05, 0.1) is 6.61 Å². The number of rotatable bonds is 3. The van der Waals surface area contributed by atoms with Gasteiger partial charge < -0.3 is 10.5 Å². The molecule has 15 heavy (non-hydrogen) atoms. The van der Waals surface area contributed by atoms with Gasteiger partial charge in [0.15, 0.2) is 0 Å². The number of benzene rings is 1. The lowest BCUT2D eigenvalue weighted by Crippen LogP contribution is -2.16. The molecule has 0 aliphatic rings. The first kappa shape index (κ1) is 12.1. The second-order valence-corrected chi connectivity index (χ2v) is 3.37. The van der Waals surface area contributed by atoms with Crippen molar-refractivity contribution in [2.75, 3.05) is 12.3 Å². The third kappa shape index (κ3) is 4.40. The first-order valence-electron chi connectivity index (χ1n) is 4.07. The van der Waals surface area contributed by atoms with Crippen LogP contribution < -0.4 is 5.73 Å². The number of halogens is 4. The number of alkyl halides is 3. The van der Waals surface area contributed by atoms with Crippen LogP contribution in [0.5, 0.6) is 0 Å². The topological polar surface area (TPSA) is 35.2 Å². The zero-order valence-corrected chi connectivity index (χ0v) is 8.40. The zero-order valence-electron chi connectivity index (χ0n) is 7.64. The molecular weight excluding hydrogens is 231 g/mol. The number of nitrogens with two attached hydrogens (primary N) is 1. The standard InChI is InChI=1S/C9H9ClF3NO/c10-8-3-7(14)2-1-6(8)4-15-5-9(11,12)13/h1-3H,4-5,14H2. The van der Waals surface area contributed by atoms with Crippen molar-refractivity contribution in [3.05, 3.63) is 28.8 Å². The van der Waals surface area contributed by atoms with Gasteiger partial charge >= 0.3 is 6.18 Å². The summed E-state index contributed by atoms with van der Waals surface area (Å²) in [7, 11) is 0. The van der Waals surface area contributed by atoms with Crippen molar-refractivity contribution < 1.29 is 17.9 Å². The van der Waals surface area contributed by atoms with E-state index in [1.54, 1.807) is 6.07 Å². The summed E-state index contributed by atoms with van der Waals surface area (Å²) >= 11 is 5.74. The Kier molecular flexibility index (Phi) is 3.82. The number of ether oxygens (including phenoxy) is 1. The Bertz CT molecular complexity index is 341. The lowest BCUT2D eigenvalue weighted by atomic mass is 10.2. The summed E-state index contributed by atoms with van der Waals surface area (Å²) in [5.74, 6) is 0. The maximum atomic E-state index is 11.7. The highest BCUT2D eigenvalue weighted by Gasteiger charge is 2.27. The van der Waals surface area contributed by atoms with Gasteiger partial charge in [0.25, 0.3) is 0 Å². The van der Waals surface area contributed by atoms with Gasteiger partial charge in [-0.15, -0.1) is 0 Å². The average molecular weight is 240 g/mol. The highest BCUT2D eigenvalue weighted by molar-refractivity contribution is 6.31. The third-order valence-corrected chi connectivity index (χ3v) is 1.95. The molecule has 1 aromatic rings. The quantitative estimate of drug-likeness (QED) is 0.823. The Morgan fingerprint density at radius 2 is 2.00 bits per heavy atom. The van der Waals surface area contributed by atoms with Crippen LogP contribution in [0.15, 0.2) is 18.2 Å². The second kappa shape index (κ2) is 4.72. The molecule has 0 aliphatic heterocycles. The van der Waals surface area contributed by atoms with Crippen LogP contribution in [0.1, 0.15) is 5.56 Å². The Hall–Kier alpha value is -0.940. The molecule has 6 heteroatoms. The minimum absolute atomic E-state index is 0.182. The first-order chi connectivity index (χ1) is 6.88. The summed E-state index contributed by atoms with van der Waals surface area (Å²) in [6.45, 7) is -1.47.